The normalized spacial score (nSPS) is 9.38. The maximum atomic E-state index is 10.9. The van der Waals surface area contributed by atoms with Crippen LogP contribution in [0.2, 0.25) is 0 Å². The number of methoxy groups -OCH3 is 1. The minimum absolute atomic E-state index is 0.245. The fraction of sp³-hybridized carbons (Fsp3) is 0.778. The predicted molar refractivity (Wildman–Crippen MR) is 47.1 cm³/mol. The molecule has 4 heteroatoms. The van der Waals surface area contributed by atoms with E-state index in [0.717, 1.165) is 6.42 Å². The Morgan fingerprint density at radius 3 is 2.31 bits per heavy atom. The van der Waals surface area contributed by atoms with E-state index in [1.165, 1.54) is 7.11 Å². The molecule has 13 heavy (non-hydrogen) atoms. The van der Waals surface area contributed by atoms with Gasteiger partial charge in [-0.05, 0) is 12.8 Å². The van der Waals surface area contributed by atoms with Crippen molar-refractivity contribution < 1.29 is 19.1 Å². The number of carbonyl (C=O) groups excluding carboxylic acids is 2. The number of carbonyl (C=O) groups is 2. The molecule has 0 heterocycles. The summed E-state index contributed by atoms with van der Waals surface area (Å²) in [5, 5.41) is 0. The molecule has 0 aliphatic carbocycles. The molecule has 0 N–H and O–H groups in total. The Labute approximate surface area is 78.2 Å². The van der Waals surface area contributed by atoms with Gasteiger partial charge in [0.25, 0.3) is 0 Å². The van der Waals surface area contributed by atoms with Crippen molar-refractivity contribution in [3.05, 3.63) is 0 Å². The molecule has 0 amide bonds. The van der Waals surface area contributed by atoms with Gasteiger partial charge in [-0.3, -0.25) is 9.59 Å². The number of hydrogen-bond donors (Lipinski definition) is 0. The molecule has 0 bridgehead atoms. The summed E-state index contributed by atoms with van der Waals surface area (Å²) >= 11 is 0. The van der Waals surface area contributed by atoms with Gasteiger partial charge in [0.2, 0.25) is 0 Å². The fourth-order valence-electron chi connectivity index (χ4n) is 0.767. The molecule has 0 radical (unpaired) electrons. The molecule has 0 aromatic heterocycles. The van der Waals surface area contributed by atoms with Gasteiger partial charge < -0.3 is 9.47 Å². The average molecular weight is 188 g/mol. The Morgan fingerprint density at radius 2 is 1.77 bits per heavy atom. The zero-order valence-electron chi connectivity index (χ0n) is 8.17. The zero-order chi connectivity index (χ0) is 10.1. The van der Waals surface area contributed by atoms with E-state index in [1.54, 1.807) is 0 Å². The van der Waals surface area contributed by atoms with Gasteiger partial charge in [-0.25, -0.2) is 0 Å². The lowest BCUT2D eigenvalue weighted by Crippen LogP contribution is -2.07. The van der Waals surface area contributed by atoms with Crippen LogP contribution in [0.15, 0.2) is 0 Å². The van der Waals surface area contributed by atoms with Crippen LogP contribution in [0.25, 0.3) is 0 Å². The van der Waals surface area contributed by atoms with Crippen LogP contribution in [0.3, 0.4) is 0 Å². The van der Waals surface area contributed by atoms with Gasteiger partial charge in [-0.15, -0.1) is 0 Å². The van der Waals surface area contributed by atoms with Gasteiger partial charge in [0.15, 0.2) is 0 Å². The van der Waals surface area contributed by atoms with Crippen molar-refractivity contribution in [2.24, 2.45) is 0 Å². The van der Waals surface area contributed by atoms with Gasteiger partial charge in [0.05, 0.1) is 13.7 Å². The summed E-state index contributed by atoms with van der Waals surface area (Å²) in [5.41, 5.74) is 0. The van der Waals surface area contributed by atoms with Crippen LogP contribution >= 0.6 is 0 Å². The molecule has 0 aliphatic heterocycles. The summed E-state index contributed by atoms with van der Waals surface area (Å²) in [4.78, 5) is 21.5. The topological polar surface area (TPSA) is 52.6 Å². The zero-order valence-corrected chi connectivity index (χ0v) is 8.17. The molecule has 0 fully saturated rings. The van der Waals surface area contributed by atoms with E-state index in [-0.39, 0.29) is 24.8 Å². The summed E-state index contributed by atoms with van der Waals surface area (Å²) < 4.78 is 9.24. The SMILES string of the molecule is CCCOC(=O)CCCC(=O)OC. The van der Waals surface area contributed by atoms with Gasteiger partial charge in [-0.1, -0.05) is 6.92 Å². The standard InChI is InChI=1S/C9H16O4/c1-3-7-13-9(11)6-4-5-8(10)12-2/h3-7H2,1-2H3. The molecule has 0 spiro atoms. The second-order valence-corrected chi connectivity index (χ2v) is 2.65. The smallest absolute Gasteiger partial charge is 0.305 e. The van der Waals surface area contributed by atoms with Crippen LogP contribution < -0.4 is 0 Å². The van der Waals surface area contributed by atoms with Crippen molar-refractivity contribution in [2.75, 3.05) is 13.7 Å². The molecule has 0 atom stereocenters. The number of ether oxygens (including phenoxy) is 2. The van der Waals surface area contributed by atoms with E-state index >= 15 is 0 Å². The molecule has 0 aromatic rings. The molecular weight excluding hydrogens is 172 g/mol. The van der Waals surface area contributed by atoms with Crippen LogP contribution in [0.5, 0.6) is 0 Å². The van der Waals surface area contributed by atoms with E-state index in [2.05, 4.69) is 4.74 Å². The Hall–Kier alpha value is -1.06. The first-order valence-electron chi connectivity index (χ1n) is 4.43. The van der Waals surface area contributed by atoms with Crippen LogP contribution in [0, 0.1) is 0 Å². The van der Waals surface area contributed by atoms with Crippen molar-refractivity contribution in [1.82, 2.24) is 0 Å². The number of rotatable bonds is 6. The van der Waals surface area contributed by atoms with Crippen molar-refractivity contribution in [1.29, 1.82) is 0 Å². The highest BCUT2D eigenvalue weighted by atomic mass is 16.5. The van der Waals surface area contributed by atoms with Crippen LogP contribution in [0.1, 0.15) is 32.6 Å². The quantitative estimate of drug-likeness (QED) is 0.589. The van der Waals surface area contributed by atoms with E-state index in [9.17, 15) is 9.59 Å². The largest absolute Gasteiger partial charge is 0.469 e. The van der Waals surface area contributed by atoms with E-state index < -0.39 is 0 Å². The van der Waals surface area contributed by atoms with Crippen LogP contribution in [-0.4, -0.2) is 25.7 Å². The molecule has 4 nitrogen and oxygen atoms in total. The molecule has 0 saturated heterocycles. The summed E-state index contributed by atoms with van der Waals surface area (Å²) in [6.45, 7) is 2.39. The molecule has 0 aliphatic rings. The van der Waals surface area contributed by atoms with E-state index in [0.29, 0.717) is 13.0 Å². The Kier molecular flexibility index (Phi) is 6.96. The van der Waals surface area contributed by atoms with Gasteiger partial charge in [0, 0.05) is 12.8 Å². The second-order valence-electron chi connectivity index (χ2n) is 2.65. The second kappa shape index (κ2) is 7.58. The fourth-order valence-corrected chi connectivity index (χ4v) is 0.767. The highest BCUT2D eigenvalue weighted by molar-refractivity contribution is 5.72. The highest BCUT2D eigenvalue weighted by Crippen LogP contribution is 1.99. The van der Waals surface area contributed by atoms with E-state index in [4.69, 9.17) is 4.74 Å². The minimum Gasteiger partial charge on any atom is -0.469 e. The predicted octanol–water partition coefficient (Wildman–Crippen LogP) is 1.28. The Balaban J connectivity index is 3.31. The maximum Gasteiger partial charge on any atom is 0.305 e. The average Bonchev–Trinajstić information content (AvgIpc) is 2.14. The first-order valence-corrected chi connectivity index (χ1v) is 4.43. The highest BCUT2D eigenvalue weighted by Gasteiger charge is 2.05. The minimum atomic E-state index is -0.289. The summed E-state index contributed by atoms with van der Waals surface area (Å²) in [7, 11) is 1.33. The first-order chi connectivity index (χ1) is 6.20. The van der Waals surface area contributed by atoms with Crippen molar-refractivity contribution in [2.45, 2.75) is 32.6 Å². The molecule has 76 valence electrons. The summed E-state index contributed by atoms with van der Waals surface area (Å²) in [6, 6.07) is 0. The third-order valence-electron chi connectivity index (χ3n) is 1.46. The number of hydrogen-bond acceptors (Lipinski definition) is 4. The summed E-state index contributed by atoms with van der Waals surface area (Å²) in [5.74, 6) is -0.533. The third kappa shape index (κ3) is 7.31. The molecule has 0 rings (SSSR count). The van der Waals surface area contributed by atoms with Crippen molar-refractivity contribution in [3.8, 4) is 0 Å². The first kappa shape index (κ1) is 11.9. The van der Waals surface area contributed by atoms with Crippen LogP contribution in [-0.2, 0) is 19.1 Å². The van der Waals surface area contributed by atoms with Crippen molar-refractivity contribution in [3.63, 3.8) is 0 Å². The van der Waals surface area contributed by atoms with E-state index in [1.807, 2.05) is 6.92 Å². The van der Waals surface area contributed by atoms with Gasteiger partial charge in [0.1, 0.15) is 0 Å². The Bertz CT molecular complexity index is 165. The summed E-state index contributed by atoms with van der Waals surface area (Å²) in [6.07, 6.45) is 1.88. The van der Waals surface area contributed by atoms with Crippen molar-refractivity contribution >= 4 is 11.9 Å². The molecule has 0 aromatic carbocycles. The van der Waals surface area contributed by atoms with Gasteiger partial charge in [-0.2, -0.15) is 0 Å². The number of esters is 2. The lowest BCUT2D eigenvalue weighted by Gasteiger charge is -2.01. The molecule has 0 unspecified atom stereocenters. The lowest BCUT2D eigenvalue weighted by molar-refractivity contribution is -0.144. The third-order valence-corrected chi connectivity index (χ3v) is 1.46. The maximum absolute atomic E-state index is 10.9. The van der Waals surface area contributed by atoms with Crippen LogP contribution in [0.4, 0.5) is 0 Å². The lowest BCUT2D eigenvalue weighted by atomic mass is 10.2. The molecule has 0 saturated carbocycles. The Morgan fingerprint density at radius 1 is 1.15 bits per heavy atom. The molecular formula is C9H16O4. The van der Waals surface area contributed by atoms with Gasteiger partial charge >= 0.3 is 11.9 Å². The monoisotopic (exact) mass is 188 g/mol.